The van der Waals surface area contributed by atoms with Crippen molar-refractivity contribution < 1.29 is 4.74 Å². The van der Waals surface area contributed by atoms with E-state index in [4.69, 9.17) is 4.74 Å². The molecule has 0 spiro atoms. The zero-order valence-corrected chi connectivity index (χ0v) is 15.3. The van der Waals surface area contributed by atoms with Gasteiger partial charge in [0, 0.05) is 0 Å². The molecule has 1 heteroatoms. The average Bonchev–Trinajstić information content (AvgIpc) is 2.62. The first-order valence-electron chi connectivity index (χ1n) is 9.44. The molecule has 23 heavy (non-hydrogen) atoms. The van der Waals surface area contributed by atoms with Crippen LogP contribution in [0.4, 0.5) is 0 Å². The van der Waals surface area contributed by atoms with Crippen LogP contribution in [-0.4, -0.2) is 7.11 Å². The van der Waals surface area contributed by atoms with Gasteiger partial charge in [0.05, 0.1) is 7.11 Å². The van der Waals surface area contributed by atoms with Crippen LogP contribution in [0, 0.1) is 17.8 Å². The number of hydrogen-bond donors (Lipinski definition) is 0. The third-order valence-corrected chi connectivity index (χ3v) is 6.01. The third-order valence-electron chi connectivity index (χ3n) is 6.01. The molecule has 1 aromatic carbocycles. The van der Waals surface area contributed by atoms with E-state index in [2.05, 4.69) is 50.8 Å². The molecule has 1 aliphatic carbocycles. The van der Waals surface area contributed by atoms with Crippen molar-refractivity contribution in [2.45, 2.75) is 64.7 Å². The van der Waals surface area contributed by atoms with Gasteiger partial charge in [-0.05, 0) is 86.3 Å². The zero-order chi connectivity index (χ0) is 16.7. The summed E-state index contributed by atoms with van der Waals surface area (Å²) in [7, 11) is 1.73. The summed E-state index contributed by atoms with van der Waals surface area (Å²) >= 11 is 0. The van der Waals surface area contributed by atoms with E-state index in [1.807, 2.05) is 0 Å². The first-order chi connectivity index (χ1) is 11.2. The Morgan fingerprint density at radius 2 is 1.78 bits per heavy atom. The molecule has 0 N–H and O–H groups in total. The Bertz CT molecular complexity index is 453. The van der Waals surface area contributed by atoms with Gasteiger partial charge in [0.25, 0.3) is 0 Å². The number of benzene rings is 1. The minimum Gasteiger partial charge on any atom is -0.497 e. The molecule has 1 saturated carbocycles. The molecule has 0 aromatic heterocycles. The van der Waals surface area contributed by atoms with E-state index in [0.717, 1.165) is 23.5 Å². The number of allylic oxidation sites excluding steroid dienone is 1. The van der Waals surface area contributed by atoms with Gasteiger partial charge in [0.2, 0.25) is 0 Å². The normalized spacial score (nSPS) is 24.0. The van der Waals surface area contributed by atoms with Crippen molar-refractivity contribution in [1.82, 2.24) is 0 Å². The van der Waals surface area contributed by atoms with Crippen LogP contribution < -0.4 is 4.74 Å². The van der Waals surface area contributed by atoms with E-state index in [1.54, 1.807) is 7.11 Å². The SMILES string of the molecule is C=CC1CCC(C(C)CCC(CC)c2ccc(OC)cc2)CC1. The molecule has 2 atom stereocenters. The first kappa shape index (κ1) is 18.1. The second kappa shape index (κ2) is 9.15. The molecule has 1 fully saturated rings. The molecule has 0 amide bonds. The Kier molecular flexibility index (Phi) is 7.20. The second-order valence-corrected chi connectivity index (χ2v) is 7.34. The maximum atomic E-state index is 5.27. The summed E-state index contributed by atoms with van der Waals surface area (Å²) in [5.74, 6) is 4.21. The molecule has 0 radical (unpaired) electrons. The van der Waals surface area contributed by atoms with Crippen LogP contribution in [-0.2, 0) is 0 Å². The van der Waals surface area contributed by atoms with Crippen LogP contribution in [0.1, 0.15) is 70.3 Å². The lowest BCUT2D eigenvalue weighted by Crippen LogP contribution is -2.19. The second-order valence-electron chi connectivity index (χ2n) is 7.34. The summed E-state index contributed by atoms with van der Waals surface area (Å²) in [5.41, 5.74) is 1.47. The fraction of sp³-hybridized carbons (Fsp3) is 0.636. The van der Waals surface area contributed by atoms with Gasteiger partial charge in [-0.15, -0.1) is 6.58 Å². The summed E-state index contributed by atoms with van der Waals surface area (Å²) < 4.78 is 5.27. The monoisotopic (exact) mass is 314 g/mol. The Morgan fingerprint density at radius 3 is 2.30 bits per heavy atom. The Labute approximate surface area is 143 Å². The highest BCUT2D eigenvalue weighted by Crippen LogP contribution is 2.37. The van der Waals surface area contributed by atoms with Gasteiger partial charge in [0.15, 0.2) is 0 Å². The predicted octanol–water partition coefficient (Wildman–Crippen LogP) is 6.60. The summed E-state index contributed by atoms with van der Waals surface area (Å²) in [6, 6.07) is 8.68. The molecular weight excluding hydrogens is 280 g/mol. The number of methoxy groups -OCH3 is 1. The van der Waals surface area contributed by atoms with Crippen molar-refractivity contribution in [3.05, 3.63) is 42.5 Å². The molecule has 0 saturated heterocycles. The van der Waals surface area contributed by atoms with Crippen LogP contribution in [0.15, 0.2) is 36.9 Å². The molecule has 2 rings (SSSR count). The maximum Gasteiger partial charge on any atom is 0.118 e. The standard InChI is InChI=1S/C22H34O/c1-5-18-8-11-20(12-9-18)17(3)7-10-19(6-2)21-13-15-22(23-4)16-14-21/h5,13-20H,1,6-12H2,2-4H3. The lowest BCUT2D eigenvalue weighted by atomic mass is 9.74. The molecule has 1 aliphatic rings. The van der Waals surface area contributed by atoms with Crippen molar-refractivity contribution in [2.75, 3.05) is 7.11 Å². The summed E-state index contributed by atoms with van der Waals surface area (Å²) in [6.45, 7) is 8.75. The highest BCUT2D eigenvalue weighted by atomic mass is 16.5. The Balaban J connectivity index is 1.83. The molecule has 0 heterocycles. The largest absolute Gasteiger partial charge is 0.497 e. The fourth-order valence-electron chi connectivity index (χ4n) is 4.13. The Hall–Kier alpha value is -1.24. The molecule has 1 nitrogen and oxygen atoms in total. The number of rotatable bonds is 8. The summed E-state index contributed by atoms with van der Waals surface area (Å²) in [6.07, 6.45) is 11.6. The van der Waals surface area contributed by atoms with E-state index in [9.17, 15) is 0 Å². The zero-order valence-electron chi connectivity index (χ0n) is 15.3. The van der Waals surface area contributed by atoms with Gasteiger partial charge in [-0.3, -0.25) is 0 Å². The van der Waals surface area contributed by atoms with Crippen LogP contribution in [0.3, 0.4) is 0 Å². The van der Waals surface area contributed by atoms with E-state index in [0.29, 0.717) is 5.92 Å². The third kappa shape index (κ3) is 5.12. The van der Waals surface area contributed by atoms with Gasteiger partial charge < -0.3 is 4.74 Å². The predicted molar refractivity (Wildman–Crippen MR) is 100 cm³/mol. The van der Waals surface area contributed by atoms with Crippen LogP contribution in [0.5, 0.6) is 5.75 Å². The lowest BCUT2D eigenvalue weighted by Gasteiger charge is -2.31. The topological polar surface area (TPSA) is 9.23 Å². The van der Waals surface area contributed by atoms with E-state index < -0.39 is 0 Å². The summed E-state index contributed by atoms with van der Waals surface area (Å²) in [5, 5.41) is 0. The average molecular weight is 315 g/mol. The van der Waals surface area contributed by atoms with Crippen molar-refractivity contribution in [3.63, 3.8) is 0 Å². The number of ether oxygens (including phenoxy) is 1. The van der Waals surface area contributed by atoms with Crippen molar-refractivity contribution in [2.24, 2.45) is 17.8 Å². The molecule has 1 aromatic rings. The van der Waals surface area contributed by atoms with Gasteiger partial charge >= 0.3 is 0 Å². The van der Waals surface area contributed by atoms with Gasteiger partial charge in [0.1, 0.15) is 5.75 Å². The summed E-state index contributed by atoms with van der Waals surface area (Å²) in [4.78, 5) is 0. The first-order valence-corrected chi connectivity index (χ1v) is 9.44. The van der Waals surface area contributed by atoms with Crippen molar-refractivity contribution >= 4 is 0 Å². The smallest absolute Gasteiger partial charge is 0.118 e. The fourth-order valence-corrected chi connectivity index (χ4v) is 4.13. The molecule has 2 unspecified atom stereocenters. The van der Waals surface area contributed by atoms with Crippen molar-refractivity contribution in [3.8, 4) is 5.75 Å². The quantitative estimate of drug-likeness (QED) is 0.491. The highest BCUT2D eigenvalue weighted by molar-refractivity contribution is 5.29. The molecular formula is C22H34O. The van der Waals surface area contributed by atoms with Gasteiger partial charge in [-0.25, -0.2) is 0 Å². The highest BCUT2D eigenvalue weighted by Gasteiger charge is 2.24. The molecule has 0 aliphatic heterocycles. The van der Waals surface area contributed by atoms with E-state index in [-0.39, 0.29) is 0 Å². The van der Waals surface area contributed by atoms with E-state index in [1.165, 1.54) is 50.5 Å². The van der Waals surface area contributed by atoms with Gasteiger partial charge in [-0.1, -0.05) is 32.1 Å². The number of hydrogen-bond acceptors (Lipinski definition) is 1. The minimum atomic E-state index is 0.688. The van der Waals surface area contributed by atoms with Crippen LogP contribution in [0.2, 0.25) is 0 Å². The maximum absolute atomic E-state index is 5.27. The van der Waals surface area contributed by atoms with Crippen LogP contribution >= 0.6 is 0 Å². The van der Waals surface area contributed by atoms with Gasteiger partial charge in [-0.2, -0.15) is 0 Å². The Morgan fingerprint density at radius 1 is 1.13 bits per heavy atom. The van der Waals surface area contributed by atoms with Crippen molar-refractivity contribution in [1.29, 1.82) is 0 Å². The van der Waals surface area contributed by atoms with E-state index >= 15 is 0 Å². The molecule has 0 bridgehead atoms. The van der Waals surface area contributed by atoms with Crippen LogP contribution in [0.25, 0.3) is 0 Å². The lowest BCUT2D eigenvalue weighted by molar-refractivity contribution is 0.221. The minimum absolute atomic E-state index is 0.688. The molecule has 128 valence electrons.